The average molecular weight is 876 g/mol. The van der Waals surface area contributed by atoms with E-state index in [9.17, 15) is 53.1 Å². The van der Waals surface area contributed by atoms with Crippen molar-refractivity contribution in [2.75, 3.05) is 25.6 Å². The number of phosphoric acid groups is 2. The Labute approximate surface area is 328 Å². The number of H-pyrrole nitrogens is 3. The van der Waals surface area contributed by atoms with Crippen molar-refractivity contribution in [2.45, 2.75) is 88.4 Å². The third-order valence-electron chi connectivity index (χ3n) is 9.76. The number of hydrogen-bond acceptors (Lipinski definition) is 19. The van der Waals surface area contributed by atoms with Crippen LogP contribution >= 0.6 is 15.6 Å². The number of aryl methyl sites for hydroxylation is 2. The molecule has 0 radical (unpaired) electrons. The van der Waals surface area contributed by atoms with E-state index >= 15 is 0 Å². The molecule has 4 aromatic heterocycles. The standard InChI is InChI=1S/C30H39N9O18P2/c1-12-6-37(29(45)35-25(12)42)20-3-14(41)18(54-20)9-51-58(47,48)57-16-5-22(39-11-32-23-24(39)33-28(31)34-27(23)44)55-19(16)10-52-59(49,50)56-15-4-21(53-17(15)8-40)38-7-13(2)26(43)36-30(38)46/h6-7,11,14-22,40-41H,3-5,8-10H2,1-2H3,(H,47,48)(H,49,50)(H,35,42,45)(H,36,43,46)(H3,31,33,34,44)/t14-,15-,16-,17+,18+,19+,20+,21+,22+/m0/s1. The van der Waals surface area contributed by atoms with Gasteiger partial charge in [0.15, 0.2) is 11.2 Å². The van der Waals surface area contributed by atoms with Gasteiger partial charge < -0.3 is 39.9 Å². The molecule has 2 unspecified atom stereocenters. The molecule has 7 rings (SSSR count). The fourth-order valence-electron chi connectivity index (χ4n) is 6.81. The topological polar surface area (TPSA) is 379 Å². The van der Waals surface area contributed by atoms with Crippen LogP contribution in [0.2, 0.25) is 0 Å². The maximum Gasteiger partial charge on any atom is 0.472 e. The highest BCUT2D eigenvalue weighted by Gasteiger charge is 2.46. The van der Waals surface area contributed by atoms with Crippen LogP contribution in [-0.2, 0) is 41.4 Å². The van der Waals surface area contributed by atoms with Gasteiger partial charge >= 0.3 is 27.0 Å². The zero-order valence-corrected chi connectivity index (χ0v) is 32.7. The number of hydrogen-bond donors (Lipinski definition) is 8. The van der Waals surface area contributed by atoms with E-state index in [1.807, 2.05) is 0 Å². The minimum absolute atomic E-state index is 0.0440. The van der Waals surface area contributed by atoms with Crippen molar-refractivity contribution in [1.82, 2.24) is 38.6 Å². The molecular formula is C30H39N9O18P2. The number of aliphatic hydroxyl groups excluding tert-OH is 2. The van der Waals surface area contributed by atoms with E-state index in [0.29, 0.717) is 0 Å². The number of nitrogens with two attached hydrogens (primary N) is 1. The number of fused-ring (bicyclic) bond motifs is 1. The molecule has 0 spiro atoms. The number of nitrogen functional groups attached to an aromatic ring is 1. The Morgan fingerprint density at radius 3 is 1.83 bits per heavy atom. The Morgan fingerprint density at radius 2 is 1.25 bits per heavy atom. The second-order valence-corrected chi connectivity index (χ2v) is 16.7. The van der Waals surface area contributed by atoms with Crippen LogP contribution in [0.4, 0.5) is 5.95 Å². The highest BCUT2D eigenvalue weighted by Crippen LogP contribution is 2.52. The molecule has 11 atom stereocenters. The van der Waals surface area contributed by atoms with Gasteiger partial charge in [-0.2, -0.15) is 4.98 Å². The highest BCUT2D eigenvalue weighted by atomic mass is 31.2. The van der Waals surface area contributed by atoms with Gasteiger partial charge in [0.25, 0.3) is 16.7 Å². The summed E-state index contributed by atoms with van der Waals surface area (Å²) < 4.78 is 68.5. The molecule has 4 aromatic rings. The summed E-state index contributed by atoms with van der Waals surface area (Å²) in [7, 11) is -10.2. The van der Waals surface area contributed by atoms with E-state index in [-0.39, 0.29) is 47.5 Å². The number of nitrogens with one attached hydrogen (secondary N) is 3. The molecule has 7 heterocycles. The SMILES string of the molecule is Cc1cn([C@H]2C[C@H](OP(=O)(O)OC[C@H]3O[C@@H](n4cnc5c(=O)[nH]c(N)nc54)C[C@@H]3OP(=O)(O)OC[C@H]3O[C@@H](n4cc(C)c(=O)[nH]c4=O)C[C@@H]3O)[C@@H](CO)O2)c(=O)[nH]c1=O. The second kappa shape index (κ2) is 16.5. The molecular weight excluding hydrogens is 836 g/mol. The first-order valence-electron chi connectivity index (χ1n) is 17.7. The van der Waals surface area contributed by atoms with Gasteiger partial charge in [0.2, 0.25) is 5.95 Å². The number of aromatic amines is 3. The number of rotatable bonds is 14. The molecule has 0 aromatic carbocycles. The molecule has 29 heteroatoms. The minimum Gasteiger partial charge on any atom is -0.394 e. The number of aromatic nitrogens is 8. The highest BCUT2D eigenvalue weighted by molar-refractivity contribution is 7.47. The van der Waals surface area contributed by atoms with Crippen molar-refractivity contribution in [3.8, 4) is 0 Å². The smallest absolute Gasteiger partial charge is 0.394 e. The summed E-state index contributed by atoms with van der Waals surface area (Å²) in [4.78, 5) is 97.1. The van der Waals surface area contributed by atoms with Crippen molar-refractivity contribution in [3.63, 3.8) is 0 Å². The van der Waals surface area contributed by atoms with E-state index < -0.39 is 119 Å². The number of anilines is 1. The molecule has 27 nitrogen and oxygen atoms in total. The van der Waals surface area contributed by atoms with E-state index in [4.69, 9.17) is 38.0 Å². The Balaban J connectivity index is 1.05. The fraction of sp³-hybridized carbons (Fsp3) is 0.567. The number of aliphatic hydroxyl groups is 2. The van der Waals surface area contributed by atoms with Crippen LogP contribution in [-0.4, -0.2) is 115 Å². The lowest BCUT2D eigenvalue weighted by Gasteiger charge is -2.24. The second-order valence-electron chi connectivity index (χ2n) is 13.9. The molecule has 322 valence electrons. The van der Waals surface area contributed by atoms with Gasteiger partial charge in [0.1, 0.15) is 49.2 Å². The third kappa shape index (κ3) is 9.17. The zero-order valence-electron chi connectivity index (χ0n) is 30.9. The summed E-state index contributed by atoms with van der Waals surface area (Å²) in [5.74, 6) is -0.263. The van der Waals surface area contributed by atoms with Crippen LogP contribution in [0.1, 0.15) is 49.1 Å². The fourth-order valence-corrected chi connectivity index (χ4v) is 8.73. The normalized spacial score (nSPS) is 29.2. The first-order valence-corrected chi connectivity index (χ1v) is 20.7. The summed E-state index contributed by atoms with van der Waals surface area (Å²) in [5.41, 5.74) is 2.34. The summed E-state index contributed by atoms with van der Waals surface area (Å²) in [5, 5.41) is 20.5. The van der Waals surface area contributed by atoms with Crippen LogP contribution in [0.25, 0.3) is 11.2 Å². The van der Waals surface area contributed by atoms with E-state index in [2.05, 4.69) is 24.9 Å². The molecule has 0 aliphatic carbocycles. The van der Waals surface area contributed by atoms with Gasteiger partial charge in [0.05, 0.1) is 32.3 Å². The number of ether oxygens (including phenoxy) is 3. The molecule has 0 amide bonds. The van der Waals surface area contributed by atoms with Crippen LogP contribution < -0.4 is 33.8 Å². The Kier molecular flexibility index (Phi) is 11.9. The zero-order chi connectivity index (χ0) is 42.6. The maximum absolute atomic E-state index is 13.4. The van der Waals surface area contributed by atoms with Gasteiger partial charge in [-0.1, -0.05) is 0 Å². The van der Waals surface area contributed by atoms with Crippen LogP contribution in [0.5, 0.6) is 0 Å². The van der Waals surface area contributed by atoms with Gasteiger partial charge in [-0.3, -0.25) is 61.1 Å². The lowest BCUT2D eigenvalue weighted by Crippen LogP contribution is -2.33. The van der Waals surface area contributed by atoms with E-state index in [0.717, 1.165) is 9.13 Å². The number of nitrogens with zero attached hydrogens (tertiary/aromatic N) is 5. The minimum atomic E-state index is -5.10. The molecule has 3 aliphatic heterocycles. The quantitative estimate of drug-likeness (QED) is 0.0614. The Morgan fingerprint density at radius 1 is 0.763 bits per heavy atom. The summed E-state index contributed by atoms with van der Waals surface area (Å²) in [6.07, 6.45) is -8.36. The van der Waals surface area contributed by atoms with Crippen LogP contribution in [0, 0.1) is 13.8 Å². The predicted octanol–water partition coefficient (Wildman–Crippen LogP) is -2.36. The molecule has 0 saturated carbocycles. The first-order chi connectivity index (χ1) is 27.8. The largest absolute Gasteiger partial charge is 0.472 e. The van der Waals surface area contributed by atoms with Crippen molar-refractivity contribution in [2.24, 2.45) is 0 Å². The number of imidazole rings is 1. The van der Waals surface area contributed by atoms with Crippen LogP contribution in [0.3, 0.4) is 0 Å². The average Bonchev–Trinajstić information content (AvgIpc) is 3.94. The Hall–Kier alpha value is -4.47. The third-order valence-corrected chi connectivity index (χ3v) is 11.8. The summed E-state index contributed by atoms with van der Waals surface area (Å²) in [6, 6.07) is 0. The van der Waals surface area contributed by atoms with Crippen molar-refractivity contribution in [1.29, 1.82) is 0 Å². The van der Waals surface area contributed by atoms with E-state index in [1.54, 1.807) is 0 Å². The van der Waals surface area contributed by atoms with E-state index in [1.165, 1.54) is 37.1 Å². The van der Waals surface area contributed by atoms with Crippen molar-refractivity contribution in [3.05, 3.63) is 81.9 Å². The lowest BCUT2D eigenvalue weighted by molar-refractivity contribution is -0.0610. The summed E-state index contributed by atoms with van der Waals surface area (Å²) in [6.45, 7) is 0.634. The molecule has 3 saturated heterocycles. The molecule has 9 N–H and O–H groups in total. The van der Waals surface area contributed by atoms with Crippen LogP contribution in [0.15, 0.2) is 42.7 Å². The van der Waals surface area contributed by atoms with Gasteiger partial charge in [-0.15, -0.1) is 0 Å². The maximum atomic E-state index is 13.4. The van der Waals surface area contributed by atoms with Crippen molar-refractivity contribution < 1.29 is 61.4 Å². The predicted molar refractivity (Wildman–Crippen MR) is 195 cm³/mol. The number of phosphoric ester groups is 2. The lowest BCUT2D eigenvalue weighted by atomic mass is 10.2. The van der Waals surface area contributed by atoms with Gasteiger partial charge in [-0.05, 0) is 13.8 Å². The van der Waals surface area contributed by atoms with Crippen molar-refractivity contribution >= 4 is 32.8 Å². The first kappa shape index (κ1) is 42.6. The molecule has 3 aliphatic rings. The molecule has 59 heavy (non-hydrogen) atoms. The molecule has 3 fully saturated rings. The monoisotopic (exact) mass is 875 g/mol. The summed E-state index contributed by atoms with van der Waals surface area (Å²) >= 11 is 0. The van der Waals surface area contributed by atoms with Gasteiger partial charge in [0, 0.05) is 42.8 Å². The Bertz CT molecular complexity index is 2620. The molecule has 0 bridgehead atoms. The van der Waals surface area contributed by atoms with Gasteiger partial charge in [-0.25, -0.2) is 23.7 Å².